The molecule has 3 heterocycles. The first-order valence-electron chi connectivity index (χ1n) is 8.70. The molecule has 0 radical (unpaired) electrons. The number of carbonyl (C=O) groups excluding carboxylic acids is 1. The van der Waals surface area contributed by atoms with Crippen LogP contribution < -0.4 is 0 Å². The second kappa shape index (κ2) is 6.18. The molecule has 6 heteroatoms. The highest BCUT2D eigenvalue weighted by atomic mass is 16.3. The first-order chi connectivity index (χ1) is 11.6. The van der Waals surface area contributed by atoms with E-state index in [4.69, 9.17) is 4.42 Å². The highest BCUT2D eigenvalue weighted by Crippen LogP contribution is 2.26. The van der Waals surface area contributed by atoms with E-state index in [1.165, 1.54) is 0 Å². The normalized spacial score (nSPS) is 25.5. The molecule has 1 aliphatic carbocycles. The molecule has 2 atom stereocenters. The fraction of sp³-hybridized carbons (Fsp3) is 0.556. The molecule has 2 aromatic heterocycles. The quantitative estimate of drug-likeness (QED) is 0.910. The number of furan rings is 1. The maximum atomic E-state index is 12.7. The summed E-state index contributed by atoms with van der Waals surface area (Å²) in [6.45, 7) is 4.89. The van der Waals surface area contributed by atoms with Crippen LogP contribution in [-0.2, 0) is 0 Å². The van der Waals surface area contributed by atoms with Crippen molar-refractivity contribution < 1.29 is 14.3 Å². The van der Waals surface area contributed by atoms with E-state index in [0.717, 1.165) is 43.6 Å². The van der Waals surface area contributed by atoms with Crippen LogP contribution in [0.4, 0.5) is 0 Å². The summed E-state index contributed by atoms with van der Waals surface area (Å²) in [6, 6.07) is 5.73. The minimum Gasteiger partial charge on any atom is -0.449 e. The molecule has 24 heavy (non-hydrogen) atoms. The molecule has 0 aromatic carbocycles. The van der Waals surface area contributed by atoms with Gasteiger partial charge in [0.15, 0.2) is 11.3 Å². The van der Waals surface area contributed by atoms with Crippen molar-refractivity contribution in [2.24, 2.45) is 0 Å². The second-order valence-electron chi connectivity index (χ2n) is 6.84. The van der Waals surface area contributed by atoms with Crippen LogP contribution in [0.1, 0.15) is 35.5 Å². The third-order valence-electron chi connectivity index (χ3n) is 5.24. The lowest BCUT2D eigenvalue weighted by atomic mass is 10.1. The van der Waals surface area contributed by atoms with Gasteiger partial charge in [-0.2, -0.15) is 0 Å². The second-order valence-corrected chi connectivity index (χ2v) is 6.84. The highest BCUT2D eigenvalue weighted by molar-refractivity contribution is 5.95. The predicted octanol–water partition coefficient (Wildman–Crippen LogP) is 1.81. The third kappa shape index (κ3) is 2.80. The smallest absolute Gasteiger partial charge is 0.289 e. The number of piperazine rings is 1. The van der Waals surface area contributed by atoms with Gasteiger partial charge >= 0.3 is 0 Å². The Hall–Kier alpha value is -1.92. The van der Waals surface area contributed by atoms with E-state index in [0.29, 0.717) is 24.4 Å². The lowest BCUT2D eigenvalue weighted by molar-refractivity contribution is 0.0303. The molecule has 0 unspecified atom stereocenters. The molecule has 1 aliphatic heterocycles. The minimum atomic E-state index is -0.211. The maximum Gasteiger partial charge on any atom is 0.289 e. The first-order valence-corrected chi connectivity index (χ1v) is 8.70. The summed E-state index contributed by atoms with van der Waals surface area (Å²) in [5.41, 5.74) is 2.29. The number of pyridine rings is 1. The van der Waals surface area contributed by atoms with Gasteiger partial charge in [-0.3, -0.25) is 9.69 Å². The monoisotopic (exact) mass is 329 g/mol. The molecule has 0 spiro atoms. The van der Waals surface area contributed by atoms with Crippen LogP contribution in [0.3, 0.4) is 0 Å². The summed E-state index contributed by atoms with van der Waals surface area (Å²) in [7, 11) is 0. The van der Waals surface area contributed by atoms with Gasteiger partial charge in [-0.15, -0.1) is 0 Å². The summed E-state index contributed by atoms with van der Waals surface area (Å²) in [6.07, 6.45) is 2.84. The number of aromatic nitrogens is 1. The van der Waals surface area contributed by atoms with Crippen molar-refractivity contribution in [2.45, 2.75) is 38.3 Å². The van der Waals surface area contributed by atoms with Crippen LogP contribution in [0.2, 0.25) is 0 Å². The number of aryl methyl sites for hydroxylation is 1. The number of amides is 1. The Kier molecular flexibility index (Phi) is 4.02. The number of carbonyl (C=O) groups is 1. The largest absolute Gasteiger partial charge is 0.449 e. The molecule has 2 fully saturated rings. The maximum absolute atomic E-state index is 12.7. The van der Waals surface area contributed by atoms with E-state index in [1.54, 1.807) is 6.07 Å². The molecule has 2 aromatic rings. The van der Waals surface area contributed by atoms with Crippen molar-refractivity contribution in [2.75, 3.05) is 26.2 Å². The zero-order valence-corrected chi connectivity index (χ0v) is 13.9. The lowest BCUT2D eigenvalue weighted by Crippen LogP contribution is -2.53. The van der Waals surface area contributed by atoms with E-state index in [-0.39, 0.29) is 18.1 Å². The van der Waals surface area contributed by atoms with Crippen molar-refractivity contribution in [3.8, 4) is 0 Å². The zero-order chi connectivity index (χ0) is 16.7. The molecule has 4 rings (SSSR count). The third-order valence-corrected chi connectivity index (χ3v) is 5.24. The summed E-state index contributed by atoms with van der Waals surface area (Å²) >= 11 is 0. The number of fused-ring (bicyclic) bond motifs is 1. The van der Waals surface area contributed by atoms with Gasteiger partial charge in [0.2, 0.25) is 0 Å². The van der Waals surface area contributed by atoms with Gasteiger partial charge in [-0.1, -0.05) is 0 Å². The van der Waals surface area contributed by atoms with Gasteiger partial charge in [-0.25, -0.2) is 4.98 Å². The molecule has 1 N–H and O–H groups in total. The van der Waals surface area contributed by atoms with Crippen molar-refractivity contribution in [1.82, 2.24) is 14.8 Å². The Balaban J connectivity index is 1.43. The molecule has 1 saturated carbocycles. The number of rotatable bonds is 2. The molecule has 2 aliphatic rings. The van der Waals surface area contributed by atoms with Crippen LogP contribution >= 0.6 is 0 Å². The number of hydrogen-bond donors (Lipinski definition) is 1. The molecule has 1 saturated heterocycles. The number of hydrogen-bond acceptors (Lipinski definition) is 5. The molecule has 128 valence electrons. The Bertz CT molecular complexity index is 749. The minimum absolute atomic E-state index is 0.0720. The standard InChI is InChI=1S/C18H23N3O3/c1-12-5-6-16-13(19-12)11-17(24-16)18(23)21-9-7-20(8-10-21)14-3-2-4-15(14)22/h5-6,11,14-15,22H,2-4,7-10H2,1H3/t14-,15+/m1/s1. The van der Waals surface area contributed by atoms with Crippen LogP contribution in [0.15, 0.2) is 22.6 Å². The Morgan fingerprint density at radius 2 is 2.04 bits per heavy atom. The van der Waals surface area contributed by atoms with Crippen molar-refractivity contribution in [3.63, 3.8) is 0 Å². The average Bonchev–Trinajstić information content (AvgIpc) is 3.20. The van der Waals surface area contributed by atoms with Crippen LogP contribution in [-0.4, -0.2) is 64.1 Å². The van der Waals surface area contributed by atoms with Gasteiger partial charge in [-0.05, 0) is 38.3 Å². The molecule has 1 amide bonds. The Labute approximate surface area is 141 Å². The van der Waals surface area contributed by atoms with Crippen LogP contribution in [0.5, 0.6) is 0 Å². The van der Waals surface area contributed by atoms with Gasteiger partial charge in [0, 0.05) is 44.0 Å². The average molecular weight is 329 g/mol. The van der Waals surface area contributed by atoms with Crippen molar-refractivity contribution in [3.05, 3.63) is 29.7 Å². The summed E-state index contributed by atoms with van der Waals surface area (Å²) in [5, 5.41) is 10.1. The predicted molar refractivity (Wildman–Crippen MR) is 89.9 cm³/mol. The number of aliphatic hydroxyl groups is 1. The molecular formula is C18H23N3O3. The van der Waals surface area contributed by atoms with Crippen LogP contribution in [0, 0.1) is 6.92 Å². The molecule has 0 bridgehead atoms. The fourth-order valence-corrected chi connectivity index (χ4v) is 3.89. The van der Waals surface area contributed by atoms with Gasteiger partial charge < -0.3 is 14.4 Å². The summed E-state index contributed by atoms with van der Waals surface area (Å²) < 4.78 is 5.67. The number of nitrogens with zero attached hydrogens (tertiary/aromatic N) is 3. The highest BCUT2D eigenvalue weighted by Gasteiger charge is 2.34. The topological polar surface area (TPSA) is 69.8 Å². The lowest BCUT2D eigenvalue weighted by Gasteiger charge is -2.38. The van der Waals surface area contributed by atoms with Gasteiger partial charge in [0.25, 0.3) is 5.91 Å². The molecule has 6 nitrogen and oxygen atoms in total. The Morgan fingerprint density at radius 1 is 1.25 bits per heavy atom. The zero-order valence-electron chi connectivity index (χ0n) is 13.9. The summed E-state index contributed by atoms with van der Waals surface area (Å²) in [5.74, 6) is 0.287. The number of aliphatic hydroxyl groups excluding tert-OH is 1. The van der Waals surface area contributed by atoms with E-state index < -0.39 is 0 Å². The van der Waals surface area contributed by atoms with Crippen molar-refractivity contribution in [1.29, 1.82) is 0 Å². The van der Waals surface area contributed by atoms with Gasteiger partial charge in [0.05, 0.1) is 6.10 Å². The first kappa shape index (κ1) is 15.6. The van der Waals surface area contributed by atoms with Crippen LogP contribution in [0.25, 0.3) is 11.1 Å². The van der Waals surface area contributed by atoms with E-state index >= 15 is 0 Å². The SMILES string of the molecule is Cc1ccc2oc(C(=O)N3CCN([C@@H]4CCC[C@@H]4O)CC3)cc2n1. The van der Waals surface area contributed by atoms with Crippen molar-refractivity contribution >= 4 is 17.0 Å². The van der Waals surface area contributed by atoms with E-state index in [2.05, 4.69) is 9.88 Å². The molecular weight excluding hydrogens is 306 g/mol. The Morgan fingerprint density at radius 3 is 2.75 bits per heavy atom. The fourth-order valence-electron chi connectivity index (χ4n) is 3.89. The summed E-state index contributed by atoms with van der Waals surface area (Å²) in [4.78, 5) is 21.2. The van der Waals surface area contributed by atoms with E-state index in [1.807, 2.05) is 24.0 Å². The van der Waals surface area contributed by atoms with E-state index in [9.17, 15) is 9.90 Å². The van der Waals surface area contributed by atoms with Gasteiger partial charge in [0.1, 0.15) is 5.52 Å².